The molecule has 0 bridgehead atoms. The molecule has 6 nitrogen and oxygen atoms in total. The number of carbonyl (C=O) groups excluding carboxylic acids is 2. The molecule has 1 aromatic heterocycles. The van der Waals surface area contributed by atoms with E-state index in [9.17, 15) is 9.59 Å². The van der Waals surface area contributed by atoms with E-state index in [1.54, 1.807) is 16.5 Å². The van der Waals surface area contributed by atoms with E-state index in [0.717, 1.165) is 12.1 Å². The Morgan fingerprint density at radius 3 is 3.00 bits per heavy atom. The van der Waals surface area contributed by atoms with Gasteiger partial charge in [-0.3, -0.25) is 14.5 Å². The first-order valence-electron chi connectivity index (χ1n) is 6.68. The van der Waals surface area contributed by atoms with Crippen molar-refractivity contribution in [1.29, 1.82) is 0 Å². The maximum Gasteiger partial charge on any atom is 0.242 e. The Morgan fingerprint density at radius 1 is 1.58 bits per heavy atom. The van der Waals surface area contributed by atoms with Gasteiger partial charge in [-0.2, -0.15) is 5.10 Å². The number of nitrogens with zero attached hydrogens (tertiary/aromatic N) is 3. The van der Waals surface area contributed by atoms with Gasteiger partial charge in [0.05, 0.1) is 12.2 Å². The van der Waals surface area contributed by atoms with E-state index in [1.807, 2.05) is 19.9 Å². The van der Waals surface area contributed by atoms with Gasteiger partial charge in [-0.25, -0.2) is 4.68 Å². The van der Waals surface area contributed by atoms with Crippen LogP contribution in [0, 0.1) is 6.92 Å². The number of aryl methyl sites for hydroxylation is 2. The van der Waals surface area contributed by atoms with Crippen LogP contribution in [-0.4, -0.2) is 34.2 Å². The van der Waals surface area contributed by atoms with Crippen LogP contribution in [0.4, 0.5) is 5.82 Å². The van der Waals surface area contributed by atoms with Crippen LogP contribution in [0.25, 0.3) is 0 Å². The zero-order valence-electron chi connectivity index (χ0n) is 11.6. The molecule has 0 radical (unpaired) electrons. The average Bonchev–Trinajstić information content (AvgIpc) is 2.75. The molecule has 6 heteroatoms. The molecule has 0 saturated heterocycles. The Morgan fingerprint density at radius 2 is 2.32 bits per heavy atom. The molecule has 0 saturated carbocycles. The lowest BCUT2D eigenvalue weighted by atomic mass is 10.2. The van der Waals surface area contributed by atoms with Gasteiger partial charge >= 0.3 is 0 Å². The van der Waals surface area contributed by atoms with Crippen molar-refractivity contribution < 1.29 is 9.59 Å². The number of hydrogen-bond acceptors (Lipinski definition) is 3. The van der Waals surface area contributed by atoms with E-state index in [-0.39, 0.29) is 11.8 Å². The molecule has 0 aliphatic carbocycles. The summed E-state index contributed by atoms with van der Waals surface area (Å²) in [6.07, 6.45) is 1.27. The zero-order chi connectivity index (χ0) is 14.0. The summed E-state index contributed by atoms with van der Waals surface area (Å²) in [6, 6.07) is 1.34. The van der Waals surface area contributed by atoms with Crippen LogP contribution in [0.3, 0.4) is 0 Å². The van der Waals surface area contributed by atoms with Gasteiger partial charge < -0.3 is 5.32 Å². The molecular formula is C13H20N4O2. The first-order valence-corrected chi connectivity index (χ1v) is 6.68. The van der Waals surface area contributed by atoms with E-state index in [4.69, 9.17) is 0 Å². The molecule has 1 aliphatic rings. The molecule has 1 aromatic rings. The standard InChI is InChI=1S/C13H20N4O2/c1-4-6-14-13(19)10(3)17-11-8-9(2)15-16(11)7-5-12(17)18/h8,10H,4-7H2,1-3H3,(H,14,19). The van der Waals surface area contributed by atoms with Crippen LogP contribution < -0.4 is 10.2 Å². The first-order chi connectivity index (χ1) is 9.04. The number of carbonyl (C=O) groups is 2. The van der Waals surface area contributed by atoms with Gasteiger partial charge in [0.15, 0.2) is 0 Å². The highest BCUT2D eigenvalue weighted by atomic mass is 16.2. The Kier molecular flexibility index (Phi) is 3.87. The van der Waals surface area contributed by atoms with Crippen molar-refractivity contribution in [1.82, 2.24) is 15.1 Å². The molecule has 19 heavy (non-hydrogen) atoms. The highest BCUT2D eigenvalue weighted by molar-refractivity contribution is 6.00. The van der Waals surface area contributed by atoms with Gasteiger partial charge in [-0.15, -0.1) is 0 Å². The largest absolute Gasteiger partial charge is 0.354 e. The minimum Gasteiger partial charge on any atom is -0.354 e. The number of hydrogen-bond donors (Lipinski definition) is 1. The minimum atomic E-state index is -0.505. The van der Waals surface area contributed by atoms with Crippen molar-refractivity contribution in [2.24, 2.45) is 0 Å². The lowest BCUT2D eigenvalue weighted by Gasteiger charge is -2.31. The molecule has 0 spiro atoms. The highest BCUT2D eigenvalue weighted by Crippen LogP contribution is 2.24. The number of amides is 2. The molecule has 1 N–H and O–H groups in total. The number of nitrogens with one attached hydrogen (secondary N) is 1. The molecule has 1 aliphatic heterocycles. The van der Waals surface area contributed by atoms with Gasteiger partial charge in [0, 0.05) is 19.0 Å². The van der Waals surface area contributed by atoms with E-state index in [2.05, 4.69) is 10.4 Å². The van der Waals surface area contributed by atoms with Crippen molar-refractivity contribution in [3.8, 4) is 0 Å². The fourth-order valence-electron chi connectivity index (χ4n) is 2.27. The number of anilines is 1. The zero-order valence-corrected chi connectivity index (χ0v) is 11.6. The maximum absolute atomic E-state index is 12.1. The summed E-state index contributed by atoms with van der Waals surface area (Å²) >= 11 is 0. The van der Waals surface area contributed by atoms with E-state index in [1.165, 1.54) is 0 Å². The van der Waals surface area contributed by atoms with Crippen LogP contribution in [-0.2, 0) is 16.1 Å². The summed E-state index contributed by atoms with van der Waals surface area (Å²) < 4.78 is 1.79. The molecule has 2 heterocycles. The summed E-state index contributed by atoms with van der Waals surface area (Å²) in [4.78, 5) is 25.7. The fourth-order valence-corrected chi connectivity index (χ4v) is 2.27. The Labute approximate surface area is 112 Å². The second-order valence-corrected chi connectivity index (χ2v) is 4.85. The van der Waals surface area contributed by atoms with Crippen LogP contribution in [0.1, 0.15) is 32.4 Å². The second-order valence-electron chi connectivity index (χ2n) is 4.85. The predicted octanol–water partition coefficient (Wildman–Crippen LogP) is 0.843. The third-order valence-electron chi connectivity index (χ3n) is 3.25. The number of aromatic nitrogens is 2. The molecule has 2 amide bonds. The van der Waals surface area contributed by atoms with E-state index < -0.39 is 6.04 Å². The third kappa shape index (κ3) is 2.62. The topological polar surface area (TPSA) is 67.2 Å². The quantitative estimate of drug-likeness (QED) is 0.876. The first kappa shape index (κ1) is 13.6. The lowest BCUT2D eigenvalue weighted by molar-refractivity contribution is -0.126. The fraction of sp³-hybridized carbons (Fsp3) is 0.615. The van der Waals surface area contributed by atoms with E-state index in [0.29, 0.717) is 25.3 Å². The summed E-state index contributed by atoms with van der Waals surface area (Å²) in [6.45, 7) is 6.84. The van der Waals surface area contributed by atoms with Crippen molar-refractivity contribution in [3.63, 3.8) is 0 Å². The molecule has 1 atom stereocenters. The molecular weight excluding hydrogens is 244 g/mol. The summed E-state index contributed by atoms with van der Waals surface area (Å²) in [5.41, 5.74) is 0.857. The number of fused-ring (bicyclic) bond motifs is 1. The van der Waals surface area contributed by atoms with Crippen LogP contribution in [0.15, 0.2) is 6.07 Å². The summed E-state index contributed by atoms with van der Waals surface area (Å²) in [5.74, 6) is 0.571. The van der Waals surface area contributed by atoms with Crippen LogP contribution in [0.2, 0.25) is 0 Å². The maximum atomic E-state index is 12.1. The van der Waals surface area contributed by atoms with Gasteiger partial charge in [0.2, 0.25) is 11.8 Å². The SMILES string of the molecule is CCCNC(=O)C(C)N1C(=O)CCn2nc(C)cc21. The molecule has 0 aromatic carbocycles. The molecule has 104 valence electrons. The average molecular weight is 264 g/mol. The normalized spacial score (nSPS) is 16.2. The van der Waals surface area contributed by atoms with Crippen LogP contribution in [0.5, 0.6) is 0 Å². The predicted molar refractivity (Wildman–Crippen MR) is 71.8 cm³/mol. The highest BCUT2D eigenvalue weighted by Gasteiger charge is 2.32. The van der Waals surface area contributed by atoms with Crippen molar-refractivity contribution >= 4 is 17.6 Å². The lowest BCUT2D eigenvalue weighted by Crippen LogP contribution is -2.51. The van der Waals surface area contributed by atoms with Crippen molar-refractivity contribution in [2.45, 2.75) is 46.2 Å². The van der Waals surface area contributed by atoms with Gasteiger partial charge in [0.25, 0.3) is 0 Å². The smallest absolute Gasteiger partial charge is 0.242 e. The van der Waals surface area contributed by atoms with Crippen molar-refractivity contribution in [2.75, 3.05) is 11.4 Å². The van der Waals surface area contributed by atoms with Crippen LogP contribution >= 0.6 is 0 Å². The van der Waals surface area contributed by atoms with E-state index >= 15 is 0 Å². The number of rotatable bonds is 4. The summed E-state index contributed by atoms with van der Waals surface area (Å²) in [7, 11) is 0. The Bertz CT molecular complexity index is 495. The minimum absolute atomic E-state index is 0.0217. The third-order valence-corrected chi connectivity index (χ3v) is 3.25. The molecule has 2 rings (SSSR count). The molecule has 1 unspecified atom stereocenters. The van der Waals surface area contributed by atoms with Crippen molar-refractivity contribution in [3.05, 3.63) is 11.8 Å². The Hall–Kier alpha value is -1.85. The molecule has 0 fully saturated rings. The van der Waals surface area contributed by atoms with Gasteiger partial charge in [-0.05, 0) is 20.3 Å². The Balaban J connectivity index is 2.22. The summed E-state index contributed by atoms with van der Waals surface area (Å²) in [5, 5.41) is 7.16. The van der Waals surface area contributed by atoms with Gasteiger partial charge in [-0.1, -0.05) is 6.92 Å². The van der Waals surface area contributed by atoms with Gasteiger partial charge in [0.1, 0.15) is 11.9 Å². The second kappa shape index (κ2) is 5.42. The monoisotopic (exact) mass is 264 g/mol.